The maximum absolute atomic E-state index is 13.6. The minimum absolute atomic E-state index is 0.337. The van der Waals surface area contributed by atoms with Crippen molar-refractivity contribution in [3.63, 3.8) is 0 Å². The van der Waals surface area contributed by atoms with Crippen molar-refractivity contribution in [2.75, 3.05) is 19.5 Å². The lowest BCUT2D eigenvalue weighted by Gasteiger charge is -2.33. The van der Waals surface area contributed by atoms with Gasteiger partial charge in [0.25, 0.3) is 5.91 Å². The Labute approximate surface area is 208 Å². The molecule has 0 bridgehead atoms. The number of carbonyl (C=O) groups is 2. The molecule has 0 saturated carbocycles. The van der Waals surface area contributed by atoms with Crippen LogP contribution in [0.15, 0.2) is 78.9 Å². The summed E-state index contributed by atoms with van der Waals surface area (Å²) < 4.78 is 12.7. The fourth-order valence-electron chi connectivity index (χ4n) is 4.63. The molecule has 8 nitrogen and oxygen atoms in total. The number of benzene rings is 3. The molecule has 4 aromatic rings. The zero-order valence-corrected chi connectivity index (χ0v) is 20.2. The van der Waals surface area contributed by atoms with Crippen molar-refractivity contribution in [2.24, 2.45) is 0 Å². The molecule has 1 aliphatic heterocycles. The maximum atomic E-state index is 13.6. The van der Waals surface area contributed by atoms with Gasteiger partial charge in [-0.1, -0.05) is 36.4 Å². The predicted octanol–water partition coefficient (Wildman–Crippen LogP) is 4.08. The van der Waals surface area contributed by atoms with Crippen LogP contribution in [0.5, 0.6) is 11.5 Å². The van der Waals surface area contributed by atoms with Crippen molar-refractivity contribution >= 4 is 17.6 Å². The molecule has 0 radical (unpaired) electrons. The topological polar surface area (TPSA) is 94.5 Å². The molecular weight excluding hydrogens is 456 g/mol. The number of nitrogens with one attached hydrogen (secondary N) is 2. The van der Waals surface area contributed by atoms with E-state index in [4.69, 9.17) is 14.6 Å². The van der Waals surface area contributed by atoms with Crippen LogP contribution in [-0.4, -0.2) is 41.9 Å². The van der Waals surface area contributed by atoms with Crippen LogP contribution in [0.2, 0.25) is 0 Å². The monoisotopic (exact) mass is 482 g/mol. The summed E-state index contributed by atoms with van der Waals surface area (Å²) in [6, 6.07) is 23.0. The summed E-state index contributed by atoms with van der Waals surface area (Å²) in [6.07, 6.45) is 0. The molecule has 0 fully saturated rings. The second-order valence-electron chi connectivity index (χ2n) is 8.53. The van der Waals surface area contributed by atoms with Gasteiger partial charge in [-0.25, -0.2) is 4.68 Å². The molecule has 0 spiro atoms. The zero-order valence-electron chi connectivity index (χ0n) is 20.2. The number of aryl methyl sites for hydroxylation is 1. The summed E-state index contributed by atoms with van der Waals surface area (Å²) in [5, 5.41) is 10.7. The summed E-state index contributed by atoms with van der Waals surface area (Å²) in [7, 11) is 3.15. The Hall–Kier alpha value is -4.59. The Kier molecular flexibility index (Phi) is 6.16. The highest BCUT2D eigenvalue weighted by Gasteiger charge is 2.42. The Morgan fingerprint density at radius 2 is 1.56 bits per heavy atom. The van der Waals surface area contributed by atoms with E-state index < -0.39 is 12.0 Å². The van der Waals surface area contributed by atoms with E-state index in [-0.39, 0.29) is 11.8 Å². The van der Waals surface area contributed by atoms with Crippen molar-refractivity contribution in [2.45, 2.75) is 18.9 Å². The summed E-state index contributed by atoms with van der Waals surface area (Å²) in [4.78, 5) is 26.7. The molecule has 2 amide bonds. The molecule has 8 heteroatoms. The fraction of sp³-hybridized carbons (Fsp3) is 0.179. The summed E-state index contributed by atoms with van der Waals surface area (Å²) in [5.74, 6) is 0.516. The van der Waals surface area contributed by atoms with E-state index >= 15 is 0 Å². The minimum atomic E-state index is -0.894. The number of para-hydroxylation sites is 1. The highest BCUT2D eigenvalue weighted by molar-refractivity contribution is 6.04. The number of anilines is 1. The number of ether oxygens (including phenoxy) is 2. The molecule has 0 unspecified atom stereocenters. The van der Waals surface area contributed by atoms with E-state index in [1.165, 1.54) is 0 Å². The number of amides is 2. The summed E-state index contributed by atoms with van der Waals surface area (Å²) in [5.41, 5.74) is 3.59. The predicted molar refractivity (Wildman–Crippen MR) is 136 cm³/mol. The first-order valence-corrected chi connectivity index (χ1v) is 11.5. The Balaban J connectivity index is 1.67. The van der Waals surface area contributed by atoms with Crippen LogP contribution < -0.4 is 20.1 Å². The van der Waals surface area contributed by atoms with Crippen LogP contribution in [-0.2, 0) is 4.79 Å². The fourth-order valence-corrected chi connectivity index (χ4v) is 4.63. The number of carbonyl (C=O) groups excluding carboxylic acids is 2. The number of methoxy groups -OCH3 is 2. The number of hydrogen-bond acceptors (Lipinski definition) is 5. The number of fused-ring (bicyclic) bond motifs is 1. The SMILES string of the molecule is COc1cc(OC)cc([C@H]2c3c(C)nn(-c4ccccc4)c3NC(=O)[C@@H]2NC(=O)c2ccccc2)c1. The molecule has 2 heterocycles. The Morgan fingerprint density at radius 1 is 0.944 bits per heavy atom. The molecule has 1 aromatic heterocycles. The molecule has 2 N–H and O–H groups in total. The van der Waals surface area contributed by atoms with E-state index in [1.807, 2.05) is 55.5 Å². The molecule has 182 valence electrons. The average molecular weight is 483 g/mol. The van der Waals surface area contributed by atoms with Gasteiger partial charge in [-0.05, 0) is 48.9 Å². The zero-order chi connectivity index (χ0) is 25.2. The third kappa shape index (κ3) is 4.17. The quantitative estimate of drug-likeness (QED) is 0.432. The van der Waals surface area contributed by atoms with Crippen molar-refractivity contribution in [3.8, 4) is 17.2 Å². The average Bonchev–Trinajstić information content (AvgIpc) is 3.24. The largest absolute Gasteiger partial charge is 0.497 e. The van der Waals surface area contributed by atoms with Crippen molar-refractivity contribution in [1.82, 2.24) is 15.1 Å². The second-order valence-corrected chi connectivity index (χ2v) is 8.53. The van der Waals surface area contributed by atoms with Crippen molar-refractivity contribution in [1.29, 1.82) is 0 Å². The molecule has 1 aliphatic rings. The van der Waals surface area contributed by atoms with Crippen LogP contribution in [0.25, 0.3) is 5.69 Å². The van der Waals surface area contributed by atoms with Gasteiger partial charge in [-0.3, -0.25) is 9.59 Å². The summed E-state index contributed by atoms with van der Waals surface area (Å²) in [6.45, 7) is 1.90. The standard InChI is InChI=1S/C28H26N4O4/c1-17-23-24(19-14-21(35-2)16-22(15-19)36-3)25(29-27(33)18-10-6-4-7-11-18)28(34)30-26(23)32(31-17)20-12-8-5-9-13-20/h4-16,24-25H,1-3H3,(H,29,33)(H,30,34)/t24-,25+/m0/s1. The lowest BCUT2D eigenvalue weighted by atomic mass is 9.81. The molecule has 2 atom stereocenters. The van der Waals surface area contributed by atoms with Crippen LogP contribution >= 0.6 is 0 Å². The van der Waals surface area contributed by atoms with E-state index in [1.54, 1.807) is 49.2 Å². The second kappa shape index (κ2) is 9.58. The first-order chi connectivity index (χ1) is 17.5. The smallest absolute Gasteiger partial charge is 0.251 e. The number of aromatic nitrogens is 2. The highest BCUT2D eigenvalue weighted by Crippen LogP contribution is 2.42. The Bertz CT molecular complexity index is 1390. The molecule has 0 saturated heterocycles. The lowest BCUT2D eigenvalue weighted by Crippen LogP contribution is -2.50. The lowest BCUT2D eigenvalue weighted by molar-refractivity contribution is -0.118. The third-order valence-electron chi connectivity index (χ3n) is 6.33. The summed E-state index contributed by atoms with van der Waals surface area (Å²) >= 11 is 0. The van der Waals surface area contributed by atoms with Gasteiger partial charge in [0.2, 0.25) is 5.91 Å². The molecule has 36 heavy (non-hydrogen) atoms. The van der Waals surface area contributed by atoms with Crippen molar-refractivity contribution in [3.05, 3.63) is 101 Å². The number of nitrogens with zero attached hydrogens (tertiary/aromatic N) is 2. The Morgan fingerprint density at radius 3 is 2.17 bits per heavy atom. The van der Waals surface area contributed by atoms with Crippen LogP contribution in [0.3, 0.4) is 0 Å². The van der Waals surface area contributed by atoms with Crippen LogP contribution in [0.4, 0.5) is 5.82 Å². The molecule has 3 aromatic carbocycles. The van der Waals surface area contributed by atoms with E-state index in [0.29, 0.717) is 22.9 Å². The normalized spacial score (nSPS) is 16.6. The van der Waals surface area contributed by atoms with Gasteiger partial charge in [0.1, 0.15) is 23.4 Å². The first-order valence-electron chi connectivity index (χ1n) is 11.5. The highest BCUT2D eigenvalue weighted by atomic mass is 16.5. The van der Waals surface area contributed by atoms with Gasteiger partial charge < -0.3 is 20.1 Å². The number of hydrogen-bond donors (Lipinski definition) is 2. The number of rotatable bonds is 6. The molecule has 5 rings (SSSR count). The van der Waals surface area contributed by atoms with Gasteiger partial charge in [-0.2, -0.15) is 5.10 Å². The van der Waals surface area contributed by atoms with Gasteiger partial charge in [0, 0.05) is 23.1 Å². The minimum Gasteiger partial charge on any atom is -0.497 e. The van der Waals surface area contributed by atoms with E-state index in [2.05, 4.69) is 10.6 Å². The van der Waals surface area contributed by atoms with Crippen molar-refractivity contribution < 1.29 is 19.1 Å². The van der Waals surface area contributed by atoms with Crippen LogP contribution in [0.1, 0.15) is 33.1 Å². The van der Waals surface area contributed by atoms with Gasteiger partial charge in [0.15, 0.2) is 0 Å². The third-order valence-corrected chi connectivity index (χ3v) is 6.33. The molecular formula is C28H26N4O4. The van der Waals surface area contributed by atoms with E-state index in [9.17, 15) is 9.59 Å². The van der Waals surface area contributed by atoms with Crippen LogP contribution in [0, 0.1) is 6.92 Å². The maximum Gasteiger partial charge on any atom is 0.251 e. The van der Waals surface area contributed by atoms with Gasteiger partial charge >= 0.3 is 0 Å². The molecule has 0 aliphatic carbocycles. The van der Waals surface area contributed by atoms with E-state index in [0.717, 1.165) is 22.5 Å². The van der Waals surface area contributed by atoms with Gasteiger partial charge in [0.05, 0.1) is 25.6 Å². The first kappa shape index (κ1) is 23.2. The van der Waals surface area contributed by atoms with Gasteiger partial charge in [-0.15, -0.1) is 0 Å².